The molecule has 1 unspecified atom stereocenters. The molecule has 5 atom stereocenters. The van der Waals surface area contributed by atoms with Crippen LogP contribution in [0.25, 0.3) is 10.9 Å². The first-order valence-electron chi connectivity index (χ1n) is 14.6. The van der Waals surface area contributed by atoms with Gasteiger partial charge < -0.3 is 9.84 Å². The van der Waals surface area contributed by atoms with Crippen molar-refractivity contribution < 1.29 is 9.84 Å². The number of aliphatic imine (C=N–C) groups is 1. The quantitative estimate of drug-likeness (QED) is 0.259. The van der Waals surface area contributed by atoms with Gasteiger partial charge in [-0.15, -0.1) is 6.58 Å². The normalized spacial score (nSPS) is 24.0. The molecule has 2 aromatic carbocycles. The molecule has 0 radical (unpaired) electrons. The highest BCUT2D eigenvalue weighted by molar-refractivity contribution is 5.87. The van der Waals surface area contributed by atoms with E-state index in [2.05, 4.69) is 88.3 Å². The van der Waals surface area contributed by atoms with Crippen LogP contribution in [0.2, 0.25) is 0 Å². The van der Waals surface area contributed by atoms with Gasteiger partial charge in [0.15, 0.2) is 0 Å². The molecule has 40 heavy (non-hydrogen) atoms. The van der Waals surface area contributed by atoms with Crippen LogP contribution >= 0.6 is 0 Å². The summed E-state index contributed by atoms with van der Waals surface area (Å²) in [7, 11) is 1.70. The molecule has 0 aliphatic carbocycles. The van der Waals surface area contributed by atoms with Crippen LogP contribution in [-0.2, 0) is 10.8 Å². The number of pyridine rings is 1. The van der Waals surface area contributed by atoms with Gasteiger partial charge in [-0.3, -0.25) is 14.9 Å². The minimum Gasteiger partial charge on any atom is -0.507 e. The van der Waals surface area contributed by atoms with Gasteiger partial charge in [0.2, 0.25) is 0 Å². The zero-order chi connectivity index (χ0) is 28.8. The first-order valence-corrected chi connectivity index (χ1v) is 14.6. The number of hydrogen-bond donors (Lipinski definition) is 1. The van der Waals surface area contributed by atoms with Gasteiger partial charge in [-0.05, 0) is 83.5 Å². The topological polar surface area (TPSA) is 58.0 Å². The predicted octanol–water partition coefficient (Wildman–Crippen LogP) is 7.60. The van der Waals surface area contributed by atoms with Crippen LogP contribution in [0.5, 0.6) is 11.5 Å². The molecule has 3 fully saturated rings. The monoisotopic (exact) mass is 539 g/mol. The van der Waals surface area contributed by atoms with Crippen molar-refractivity contribution in [1.29, 1.82) is 0 Å². The summed E-state index contributed by atoms with van der Waals surface area (Å²) in [4.78, 5) is 12.6. The van der Waals surface area contributed by atoms with E-state index in [1.165, 1.54) is 12.0 Å². The van der Waals surface area contributed by atoms with E-state index in [0.29, 0.717) is 17.6 Å². The van der Waals surface area contributed by atoms with E-state index >= 15 is 0 Å². The van der Waals surface area contributed by atoms with Gasteiger partial charge in [0.25, 0.3) is 0 Å². The lowest BCUT2D eigenvalue weighted by atomic mass is 9.73. The number of benzene rings is 2. The Morgan fingerprint density at radius 1 is 1.10 bits per heavy atom. The summed E-state index contributed by atoms with van der Waals surface area (Å²) in [5.74, 6) is 2.29. The lowest BCUT2D eigenvalue weighted by Gasteiger charge is -2.51. The van der Waals surface area contributed by atoms with Crippen LogP contribution in [0.3, 0.4) is 0 Å². The van der Waals surface area contributed by atoms with Crippen molar-refractivity contribution in [2.45, 2.75) is 77.3 Å². The molecule has 3 aromatic rings. The van der Waals surface area contributed by atoms with Crippen LogP contribution in [0.1, 0.15) is 82.7 Å². The third-order valence-electron chi connectivity index (χ3n) is 9.01. The summed E-state index contributed by atoms with van der Waals surface area (Å²) in [6.45, 7) is 19.3. The molecule has 0 amide bonds. The SMILES string of the molecule is C=C[C@H]1CN2CC[C@H]1C[C@H]2[C@@H](N=Cc1cc(C(C)(C)C)cc(C(C)(C)C)c1O)c1ccnc2ccc(OC)cc12. The Bertz CT molecular complexity index is 1430. The summed E-state index contributed by atoms with van der Waals surface area (Å²) in [5, 5.41) is 12.5. The molecule has 4 heterocycles. The largest absolute Gasteiger partial charge is 0.507 e. The van der Waals surface area contributed by atoms with E-state index in [0.717, 1.165) is 52.9 Å². The molecule has 212 valence electrons. The standard InChI is InChI=1S/C35H45N3O2/c1-9-22-21-38-15-13-23(22)17-31(38)32(27-12-14-36-30-11-10-26(40-8)19-28(27)30)37-20-24-16-25(34(2,3)4)18-29(33(24)39)35(5,6)7/h9-12,14,16,18-20,22-23,31-32,39H,1,13,15,17,21H2,2-8H3/t22-,23-,31-,32-/m0/s1. The molecule has 1 N–H and O–H groups in total. The summed E-state index contributed by atoms with van der Waals surface area (Å²) < 4.78 is 5.59. The summed E-state index contributed by atoms with van der Waals surface area (Å²) >= 11 is 0. The van der Waals surface area contributed by atoms with Crippen LogP contribution in [0, 0.1) is 11.8 Å². The summed E-state index contributed by atoms with van der Waals surface area (Å²) in [6.07, 6.45) is 8.24. The number of rotatable bonds is 6. The summed E-state index contributed by atoms with van der Waals surface area (Å²) in [5.41, 5.74) is 4.76. The van der Waals surface area contributed by atoms with Gasteiger partial charge in [0, 0.05) is 41.5 Å². The van der Waals surface area contributed by atoms with Crippen molar-refractivity contribution >= 4 is 17.1 Å². The average molecular weight is 540 g/mol. The number of aromatic hydroxyl groups is 1. The van der Waals surface area contributed by atoms with Gasteiger partial charge in [0.1, 0.15) is 11.5 Å². The number of methoxy groups -OCH3 is 1. The Balaban J connectivity index is 1.66. The van der Waals surface area contributed by atoms with Crippen LogP contribution in [0.4, 0.5) is 0 Å². The van der Waals surface area contributed by atoms with Crippen LogP contribution < -0.4 is 4.74 Å². The highest BCUT2D eigenvalue weighted by Gasteiger charge is 2.42. The molecule has 5 heteroatoms. The minimum absolute atomic E-state index is 0.0541. The van der Waals surface area contributed by atoms with Gasteiger partial charge in [-0.1, -0.05) is 53.7 Å². The Labute approximate surface area is 240 Å². The van der Waals surface area contributed by atoms with Crippen molar-refractivity contribution in [1.82, 2.24) is 9.88 Å². The maximum Gasteiger partial charge on any atom is 0.128 e. The zero-order valence-corrected chi connectivity index (χ0v) is 25.2. The second-order valence-electron chi connectivity index (χ2n) is 13.7. The fourth-order valence-electron chi connectivity index (χ4n) is 6.54. The van der Waals surface area contributed by atoms with Crippen molar-refractivity contribution in [3.05, 3.63) is 77.5 Å². The second kappa shape index (κ2) is 10.7. The molecule has 3 saturated heterocycles. The highest BCUT2D eigenvalue weighted by Crippen LogP contribution is 2.44. The Hall–Kier alpha value is -3.18. The maximum atomic E-state index is 11.5. The Morgan fingerprint density at radius 3 is 2.50 bits per heavy atom. The lowest BCUT2D eigenvalue weighted by molar-refractivity contribution is 0.00796. The van der Waals surface area contributed by atoms with E-state index in [9.17, 15) is 5.11 Å². The van der Waals surface area contributed by atoms with E-state index < -0.39 is 0 Å². The van der Waals surface area contributed by atoms with Crippen molar-refractivity contribution in [2.24, 2.45) is 16.8 Å². The van der Waals surface area contributed by atoms with Gasteiger partial charge in [0.05, 0.1) is 18.7 Å². The Kier molecular flexibility index (Phi) is 7.56. The van der Waals surface area contributed by atoms with E-state index in [4.69, 9.17) is 9.73 Å². The number of fused-ring (bicyclic) bond motifs is 4. The van der Waals surface area contributed by atoms with Crippen molar-refractivity contribution in [3.8, 4) is 11.5 Å². The number of piperidine rings is 3. The smallest absolute Gasteiger partial charge is 0.128 e. The highest BCUT2D eigenvalue weighted by atomic mass is 16.5. The average Bonchev–Trinajstić information content (AvgIpc) is 2.92. The third kappa shape index (κ3) is 5.41. The molecule has 5 nitrogen and oxygen atoms in total. The lowest BCUT2D eigenvalue weighted by Crippen LogP contribution is -2.54. The number of phenols is 1. The second-order valence-corrected chi connectivity index (χ2v) is 13.7. The summed E-state index contributed by atoms with van der Waals surface area (Å²) in [6, 6.07) is 12.6. The molecular formula is C35H45N3O2. The predicted molar refractivity (Wildman–Crippen MR) is 166 cm³/mol. The van der Waals surface area contributed by atoms with E-state index in [-0.39, 0.29) is 22.9 Å². The fourth-order valence-corrected chi connectivity index (χ4v) is 6.54. The zero-order valence-electron chi connectivity index (χ0n) is 25.2. The first kappa shape index (κ1) is 28.4. The molecule has 0 spiro atoms. The minimum atomic E-state index is -0.195. The van der Waals surface area contributed by atoms with Crippen LogP contribution in [-0.4, -0.2) is 47.4 Å². The number of hydrogen-bond acceptors (Lipinski definition) is 5. The number of phenolic OH excluding ortho intramolecular Hbond substituents is 1. The molecule has 6 rings (SSSR count). The van der Waals surface area contributed by atoms with E-state index in [1.54, 1.807) is 7.11 Å². The van der Waals surface area contributed by atoms with Gasteiger partial charge >= 0.3 is 0 Å². The van der Waals surface area contributed by atoms with Crippen LogP contribution in [0.15, 0.2) is 60.2 Å². The maximum absolute atomic E-state index is 11.5. The fraction of sp³-hybridized carbons (Fsp3) is 0.486. The van der Waals surface area contributed by atoms with Crippen molar-refractivity contribution in [2.75, 3.05) is 20.2 Å². The molecular weight excluding hydrogens is 494 g/mol. The van der Waals surface area contributed by atoms with Gasteiger partial charge in [-0.2, -0.15) is 0 Å². The third-order valence-corrected chi connectivity index (χ3v) is 9.01. The molecule has 3 aliphatic heterocycles. The van der Waals surface area contributed by atoms with Crippen molar-refractivity contribution in [3.63, 3.8) is 0 Å². The molecule has 2 bridgehead atoms. The molecule has 1 aromatic heterocycles. The van der Waals surface area contributed by atoms with Gasteiger partial charge in [-0.25, -0.2) is 0 Å². The number of nitrogens with zero attached hydrogens (tertiary/aromatic N) is 3. The number of aromatic nitrogens is 1. The molecule has 3 aliphatic rings. The molecule has 0 saturated carbocycles. The first-order chi connectivity index (χ1) is 18.9. The number of ether oxygens (including phenoxy) is 1. The van der Waals surface area contributed by atoms with E-state index in [1.807, 2.05) is 24.5 Å². The Morgan fingerprint density at radius 2 is 1.88 bits per heavy atom.